The minimum Gasteiger partial charge on any atom is -0.355 e. The number of Topliss-reactive ketones (excluding diaryl/α,β-unsaturated/α-hetero) is 1. The number of nitrogens with one attached hydrogen (secondary N) is 1. The largest absolute Gasteiger partial charge is 0.355 e. The lowest BCUT2D eigenvalue weighted by molar-refractivity contribution is -0.118. The van der Waals surface area contributed by atoms with Crippen LogP contribution in [-0.4, -0.2) is 16.7 Å². The Morgan fingerprint density at radius 3 is 2.69 bits per heavy atom. The second-order valence-electron chi connectivity index (χ2n) is 8.29. The van der Waals surface area contributed by atoms with Crippen molar-refractivity contribution in [3.8, 4) is 0 Å². The van der Waals surface area contributed by atoms with Gasteiger partial charge in [0.2, 0.25) is 5.91 Å². The van der Waals surface area contributed by atoms with Crippen molar-refractivity contribution in [2.45, 2.75) is 39.7 Å². The van der Waals surface area contributed by atoms with Gasteiger partial charge in [-0.25, -0.2) is 4.98 Å². The van der Waals surface area contributed by atoms with Gasteiger partial charge in [-0.1, -0.05) is 43.1 Å². The maximum Gasteiger partial charge on any atom is 0.225 e. The summed E-state index contributed by atoms with van der Waals surface area (Å²) in [5.41, 5.74) is 2.51. The fourth-order valence-corrected chi connectivity index (χ4v) is 4.72. The first-order valence-corrected chi connectivity index (χ1v) is 10.2. The molecule has 29 heavy (non-hydrogen) atoms. The Kier molecular flexibility index (Phi) is 4.91. The number of allylic oxidation sites excluding steroid dienone is 1. The summed E-state index contributed by atoms with van der Waals surface area (Å²) in [6.07, 6.45) is 2.70. The number of hydrogen-bond acceptors (Lipinski definition) is 4. The molecule has 1 aromatic heterocycles. The summed E-state index contributed by atoms with van der Waals surface area (Å²) in [6.45, 7) is 5.61. The number of halogens is 2. The molecule has 1 N–H and O–H groups in total. The van der Waals surface area contributed by atoms with Crippen LogP contribution in [0.5, 0.6) is 0 Å². The van der Waals surface area contributed by atoms with Crippen molar-refractivity contribution in [3.63, 3.8) is 0 Å². The lowest BCUT2D eigenvalue weighted by Gasteiger charge is -2.36. The van der Waals surface area contributed by atoms with E-state index < -0.39 is 6.04 Å². The molecule has 150 valence electrons. The number of rotatable bonds is 1. The maximum absolute atomic E-state index is 13.4. The highest BCUT2D eigenvalue weighted by Gasteiger charge is 2.43. The molecule has 7 heteroatoms. The van der Waals surface area contributed by atoms with E-state index in [1.807, 2.05) is 6.07 Å². The molecule has 0 radical (unpaired) electrons. The van der Waals surface area contributed by atoms with Gasteiger partial charge in [-0.05, 0) is 41.7 Å². The van der Waals surface area contributed by atoms with Gasteiger partial charge in [0.05, 0.1) is 11.7 Å². The van der Waals surface area contributed by atoms with Crippen molar-refractivity contribution < 1.29 is 9.59 Å². The Hall–Kier alpha value is -2.37. The maximum atomic E-state index is 13.4. The Labute approximate surface area is 179 Å². The van der Waals surface area contributed by atoms with Crippen molar-refractivity contribution in [3.05, 3.63) is 63.4 Å². The highest BCUT2D eigenvalue weighted by molar-refractivity contribution is 6.35. The molecule has 0 spiro atoms. The Balaban J connectivity index is 2.04. The predicted octanol–water partition coefficient (Wildman–Crippen LogP) is 5.55. The van der Waals surface area contributed by atoms with Crippen molar-refractivity contribution in [1.29, 1.82) is 0 Å². The van der Waals surface area contributed by atoms with E-state index in [-0.39, 0.29) is 17.1 Å². The van der Waals surface area contributed by atoms with E-state index in [1.165, 1.54) is 6.92 Å². The van der Waals surface area contributed by atoms with Gasteiger partial charge < -0.3 is 5.32 Å². The van der Waals surface area contributed by atoms with Crippen LogP contribution in [0.2, 0.25) is 10.0 Å². The molecule has 1 amide bonds. The summed E-state index contributed by atoms with van der Waals surface area (Å²) in [5.74, 6) is 0.240. The zero-order chi connectivity index (χ0) is 20.9. The van der Waals surface area contributed by atoms with E-state index in [2.05, 4.69) is 24.1 Å². The van der Waals surface area contributed by atoms with Crippen molar-refractivity contribution in [2.75, 3.05) is 10.2 Å². The van der Waals surface area contributed by atoms with E-state index in [9.17, 15) is 9.59 Å². The standard InChI is InChI=1S/C22H21Cl2N3O2/c1-12(28)27-20(14-7-6-13(23)9-15(14)24)19-17(10-22(2,3)11-18(19)29)26-16-5-4-8-25-21(16)27/h4-9,20,26H,10-11H2,1-3H3. The molecule has 2 aromatic rings. The second kappa shape index (κ2) is 7.15. The van der Waals surface area contributed by atoms with Crippen molar-refractivity contribution in [2.24, 2.45) is 5.41 Å². The predicted molar refractivity (Wildman–Crippen MR) is 115 cm³/mol. The third-order valence-corrected chi connectivity index (χ3v) is 5.91. The van der Waals surface area contributed by atoms with Gasteiger partial charge in [-0.2, -0.15) is 0 Å². The molecule has 0 saturated carbocycles. The number of ketones is 1. The molecular weight excluding hydrogens is 409 g/mol. The highest BCUT2D eigenvalue weighted by Crippen LogP contribution is 2.48. The number of nitrogens with zero attached hydrogens (tertiary/aromatic N) is 2. The van der Waals surface area contributed by atoms with Crippen LogP contribution >= 0.6 is 23.2 Å². The van der Waals surface area contributed by atoms with Gasteiger partial charge in [-0.3, -0.25) is 14.5 Å². The summed E-state index contributed by atoms with van der Waals surface area (Å²) in [6, 6.07) is 8.11. The molecule has 1 aliphatic heterocycles. The molecule has 1 aliphatic carbocycles. The first-order valence-electron chi connectivity index (χ1n) is 9.41. The molecule has 2 heterocycles. The molecule has 1 aromatic carbocycles. The van der Waals surface area contributed by atoms with Gasteiger partial charge in [0.15, 0.2) is 11.6 Å². The summed E-state index contributed by atoms with van der Waals surface area (Å²) in [5, 5.41) is 4.29. The third kappa shape index (κ3) is 3.53. The second-order valence-corrected chi connectivity index (χ2v) is 9.13. The highest BCUT2D eigenvalue weighted by atomic mass is 35.5. The number of fused-ring (bicyclic) bond motifs is 1. The Morgan fingerprint density at radius 1 is 1.24 bits per heavy atom. The zero-order valence-electron chi connectivity index (χ0n) is 16.4. The summed E-state index contributed by atoms with van der Waals surface area (Å²) >= 11 is 12.7. The zero-order valence-corrected chi connectivity index (χ0v) is 17.9. The van der Waals surface area contributed by atoms with E-state index in [0.29, 0.717) is 45.5 Å². The molecule has 5 nitrogen and oxygen atoms in total. The molecule has 0 bridgehead atoms. The molecule has 4 rings (SSSR count). The number of pyridine rings is 1. The van der Waals surface area contributed by atoms with Gasteiger partial charge in [0.1, 0.15) is 0 Å². The van der Waals surface area contributed by atoms with Gasteiger partial charge >= 0.3 is 0 Å². The van der Waals surface area contributed by atoms with Crippen molar-refractivity contribution in [1.82, 2.24) is 4.98 Å². The Morgan fingerprint density at radius 2 is 2.00 bits per heavy atom. The smallest absolute Gasteiger partial charge is 0.225 e. The monoisotopic (exact) mass is 429 g/mol. The number of hydrogen-bond donors (Lipinski definition) is 1. The molecule has 0 saturated heterocycles. The average Bonchev–Trinajstić information content (AvgIpc) is 2.74. The van der Waals surface area contributed by atoms with Gasteiger partial charge in [-0.15, -0.1) is 0 Å². The van der Waals surface area contributed by atoms with Crippen molar-refractivity contribution >= 4 is 46.4 Å². The van der Waals surface area contributed by atoms with Crippen LogP contribution in [0.1, 0.15) is 45.2 Å². The molecular formula is C22H21Cl2N3O2. The number of benzene rings is 1. The average molecular weight is 430 g/mol. The van der Waals surface area contributed by atoms with E-state index in [0.717, 1.165) is 5.70 Å². The van der Waals surface area contributed by atoms with E-state index in [4.69, 9.17) is 23.2 Å². The minimum absolute atomic E-state index is 0.00109. The van der Waals surface area contributed by atoms with Crippen LogP contribution in [0.25, 0.3) is 0 Å². The summed E-state index contributed by atoms with van der Waals surface area (Å²) in [4.78, 5) is 32.2. The first-order chi connectivity index (χ1) is 13.7. The molecule has 2 aliphatic rings. The molecule has 0 fully saturated rings. The van der Waals surface area contributed by atoms with E-state index in [1.54, 1.807) is 35.4 Å². The lowest BCUT2D eigenvalue weighted by atomic mass is 9.73. The van der Waals surface area contributed by atoms with E-state index >= 15 is 0 Å². The van der Waals surface area contributed by atoms with Crippen LogP contribution < -0.4 is 10.2 Å². The number of carbonyl (C=O) groups excluding carboxylic acids is 2. The number of carbonyl (C=O) groups is 2. The van der Waals surface area contributed by atoms with Crippen LogP contribution in [0.3, 0.4) is 0 Å². The lowest BCUT2D eigenvalue weighted by Crippen LogP contribution is -2.38. The van der Waals surface area contributed by atoms with Gasteiger partial charge in [0, 0.05) is 40.9 Å². The molecule has 1 unspecified atom stereocenters. The number of anilines is 2. The first kappa shape index (κ1) is 19.9. The SMILES string of the molecule is CC(=O)N1c2ncccc2NC2=C(C(=O)CC(C)(C)C2)C1c1ccc(Cl)cc1Cl. The van der Waals surface area contributed by atoms with Crippen LogP contribution in [0.15, 0.2) is 47.8 Å². The van der Waals surface area contributed by atoms with Crippen LogP contribution in [0.4, 0.5) is 11.5 Å². The third-order valence-electron chi connectivity index (χ3n) is 5.35. The number of amides is 1. The summed E-state index contributed by atoms with van der Waals surface area (Å²) < 4.78 is 0. The summed E-state index contributed by atoms with van der Waals surface area (Å²) in [7, 11) is 0. The van der Waals surface area contributed by atoms with Crippen LogP contribution in [-0.2, 0) is 9.59 Å². The normalized spacial score (nSPS) is 20.5. The Bertz CT molecular complexity index is 1060. The quantitative estimate of drug-likeness (QED) is 0.644. The minimum atomic E-state index is -0.681. The fraction of sp³-hybridized carbons (Fsp3) is 0.318. The topological polar surface area (TPSA) is 62.3 Å². The molecule has 1 atom stereocenters. The number of aromatic nitrogens is 1. The fourth-order valence-electron chi connectivity index (χ4n) is 4.21. The van der Waals surface area contributed by atoms with Crippen LogP contribution in [0, 0.1) is 5.41 Å². The van der Waals surface area contributed by atoms with Gasteiger partial charge in [0.25, 0.3) is 0 Å².